The van der Waals surface area contributed by atoms with Gasteiger partial charge in [-0.1, -0.05) is 25.2 Å². The summed E-state index contributed by atoms with van der Waals surface area (Å²) in [5.41, 5.74) is 0.586. The minimum atomic E-state index is -0.388. The molecule has 1 rings (SSSR count). The van der Waals surface area contributed by atoms with E-state index in [0.29, 0.717) is 22.3 Å². The predicted molar refractivity (Wildman–Crippen MR) is 75.5 cm³/mol. The van der Waals surface area contributed by atoms with Gasteiger partial charge >= 0.3 is 5.97 Å². The number of nitrogens with zero attached hydrogens (tertiary/aromatic N) is 1. The Kier molecular flexibility index (Phi) is 5.95. The van der Waals surface area contributed by atoms with Crippen LogP contribution in [0.15, 0.2) is 0 Å². The van der Waals surface area contributed by atoms with Crippen LogP contribution in [0.2, 0.25) is 0 Å². The molecule has 0 saturated carbocycles. The molecule has 0 unspecified atom stereocenters. The number of rotatable bonds is 6. The molecule has 1 N–H and O–H groups in total. The number of ether oxygens (including phenoxy) is 1. The first-order chi connectivity index (χ1) is 9.03. The van der Waals surface area contributed by atoms with Gasteiger partial charge in [-0.05, 0) is 26.7 Å². The average Bonchev–Trinajstić information content (AvgIpc) is 2.72. The maximum absolute atomic E-state index is 11.9. The number of aryl methyl sites for hydroxylation is 1. The molecule has 0 atom stereocenters. The van der Waals surface area contributed by atoms with Crippen LogP contribution in [0.1, 0.15) is 49.0 Å². The highest BCUT2D eigenvalue weighted by atomic mass is 32.1. The normalized spacial score (nSPS) is 10.6. The topological polar surface area (TPSA) is 68.3 Å². The van der Waals surface area contributed by atoms with Crippen LogP contribution in [0.4, 0.5) is 5.13 Å². The maximum atomic E-state index is 11.9. The Hall–Kier alpha value is -1.43. The van der Waals surface area contributed by atoms with Crippen molar-refractivity contribution < 1.29 is 14.3 Å². The number of hydrogen-bond acceptors (Lipinski definition) is 5. The molecule has 1 amide bonds. The van der Waals surface area contributed by atoms with Crippen molar-refractivity contribution >= 4 is 28.3 Å². The Bertz CT molecular complexity index is 453. The molecular weight excluding hydrogens is 264 g/mol. The summed E-state index contributed by atoms with van der Waals surface area (Å²) in [6, 6.07) is 0. The Morgan fingerprint density at radius 1 is 1.32 bits per heavy atom. The van der Waals surface area contributed by atoms with Crippen molar-refractivity contribution in [2.75, 3.05) is 11.9 Å². The van der Waals surface area contributed by atoms with Crippen molar-refractivity contribution in [3.8, 4) is 0 Å². The molecule has 0 radical (unpaired) electrons. The number of nitrogens with one attached hydrogen (secondary N) is 1. The summed E-state index contributed by atoms with van der Waals surface area (Å²) < 4.78 is 4.94. The van der Waals surface area contributed by atoms with Gasteiger partial charge in [0.15, 0.2) is 5.13 Å². The van der Waals surface area contributed by atoms with Gasteiger partial charge < -0.3 is 10.1 Å². The average molecular weight is 284 g/mol. The first-order valence-electron chi connectivity index (χ1n) is 6.48. The molecule has 0 aliphatic heterocycles. The summed E-state index contributed by atoms with van der Waals surface area (Å²) in [4.78, 5) is 28.2. The van der Waals surface area contributed by atoms with Crippen molar-refractivity contribution in [3.63, 3.8) is 0 Å². The Labute approximate surface area is 117 Å². The van der Waals surface area contributed by atoms with Crippen LogP contribution < -0.4 is 5.32 Å². The van der Waals surface area contributed by atoms with E-state index in [0.717, 1.165) is 24.2 Å². The first-order valence-corrected chi connectivity index (χ1v) is 7.30. The van der Waals surface area contributed by atoms with E-state index in [9.17, 15) is 9.59 Å². The summed E-state index contributed by atoms with van der Waals surface area (Å²) in [6.07, 6.45) is 1.58. The van der Waals surface area contributed by atoms with Gasteiger partial charge in [0, 0.05) is 5.92 Å². The number of aromatic nitrogens is 1. The quantitative estimate of drug-likeness (QED) is 0.815. The molecular formula is C13H20N2O3S. The molecule has 1 aromatic rings. The number of amides is 1. The van der Waals surface area contributed by atoms with Crippen LogP contribution in [-0.4, -0.2) is 23.5 Å². The predicted octanol–water partition coefficient (Wildman–Crippen LogP) is 3.00. The van der Waals surface area contributed by atoms with Crippen LogP contribution >= 0.6 is 11.3 Å². The third-order valence-corrected chi connectivity index (χ3v) is 3.90. The summed E-state index contributed by atoms with van der Waals surface area (Å²) in [7, 11) is 0. The van der Waals surface area contributed by atoms with E-state index in [1.54, 1.807) is 13.8 Å². The number of carbonyl (C=O) groups is 2. The second-order valence-electron chi connectivity index (χ2n) is 4.16. The van der Waals surface area contributed by atoms with E-state index in [2.05, 4.69) is 10.3 Å². The third-order valence-electron chi connectivity index (χ3n) is 2.84. The standard InChI is InChI=1S/C13H20N2O3S/c1-5-9(6-2)11(16)15-13-14-8(4)10(19-13)12(17)18-7-3/h9H,5-7H2,1-4H3,(H,14,15,16). The van der Waals surface area contributed by atoms with Crippen molar-refractivity contribution in [1.29, 1.82) is 0 Å². The van der Waals surface area contributed by atoms with Crippen LogP contribution in [0.5, 0.6) is 0 Å². The van der Waals surface area contributed by atoms with Crippen molar-refractivity contribution in [2.24, 2.45) is 5.92 Å². The monoisotopic (exact) mass is 284 g/mol. The lowest BCUT2D eigenvalue weighted by Gasteiger charge is -2.10. The highest BCUT2D eigenvalue weighted by Crippen LogP contribution is 2.24. The second kappa shape index (κ2) is 7.23. The summed E-state index contributed by atoms with van der Waals surface area (Å²) in [5.74, 6) is -0.454. The van der Waals surface area contributed by atoms with E-state index in [4.69, 9.17) is 4.74 Å². The zero-order chi connectivity index (χ0) is 14.4. The van der Waals surface area contributed by atoms with Gasteiger partial charge in [-0.25, -0.2) is 9.78 Å². The zero-order valence-corrected chi connectivity index (χ0v) is 12.6. The van der Waals surface area contributed by atoms with Crippen molar-refractivity contribution in [1.82, 2.24) is 4.98 Å². The molecule has 19 heavy (non-hydrogen) atoms. The molecule has 0 aliphatic carbocycles. The maximum Gasteiger partial charge on any atom is 0.350 e. The molecule has 0 aromatic carbocycles. The fraction of sp³-hybridized carbons (Fsp3) is 0.615. The van der Waals surface area contributed by atoms with Crippen molar-refractivity contribution in [3.05, 3.63) is 10.6 Å². The molecule has 106 valence electrons. The molecule has 1 aromatic heterocycles. The molecule has 1 heterocycles. The van der Waals surface area contributed by atoms with E-state index >= 15 is 0 Å². The van der Waals surface area contributed by atoms with Gasteiger partial charge in [-0.3, -0.25) is 4.79 Å². The van der Waals surface area contributed by atoms with E-state index in [-0.39, 0.29) is 17.8 Å². The molecule has 0 aliphatic rings. The Morgan fingerprint density at radius 3 is 2.47 bits per heavy atom. The van der Waals surface area contributed by atoms with E-state index in [1.165, 1.54) is 0 Å². The highest BCUT2D eigenvalue weighted by molar-refractivity contribution is 7.17. The van der Waals surface area contributed by atoms with Crippen LogP contribution in [-0.2, 0) is 9.53 Å². The molecule has 0 bridgehead atoms. The molecule has 0 fully saturated rings. The SMILES string of the molecule is CCOC(=O)c1sc(NC(=O)C(CC)CC)nc1C. The first kappa shape index (κ1) is 15.6. The number of thiazole rings is 1. The number of hydrogen-bond donors (Lipinski definition) is 1. The summed E-state index contributed by atoms with van der Waals surface area (Å²) in [6.45, 7) is 7.76. The molecule has 5 nitrogen and oxygen atoms in total. The van der Waals surface area contributed by atoms with Gasteiger partial charge in [-0.15, -0.1) is 0 Å². The smallest absolute Gasteiger partial charge is 0.350 e. The number of anilines is 1. The minimum Gasteiger partial charge on any atom is -0.462 e. The van der Waals surface area contributed by atoms with Crippen LogP contribution in [0.25, 0.3) is 0 Å². The van der Waals surface area contributed by atoms with Gasteiger partial charge in [0.25, 0.3) is 0 Å². The fourth-order valence-corrected chi connectivity index (χ4v) is 2.57. The van der Waals surface area contributed by atoms with Crippen molar-refractivity contribution in [2.45, 2.75) is 40.5 Å². The van der Waals surface area contributed by atoms with Gasteiger partial charge in [-0.2, -0.15) is 0 Å². The zero-order valence-electron chi connectivity index (χ0n) is 11.8. The Balaban J connectivity index is 2.78. The van der Waals surface area contributed by atoms with Crippen LogP contribution in [0, 0.1) is 12.8 Å². The van der Waals surface area contributed by atoms with E-state index < -0.39 is 0 Å². The lowest BCUT2D eigenvalue weighted by Crippen LogP contribution is -2.21. The summed E-state index contributed by atoms with van der Waals surface area (Å²) >= 11 is 1.16. The van der Waals surface area contributed by atoms with Gasteiger partial charge in [0.05, 0.1) is 12.3 Å². The molecule has 0 saturated heterocycles. The van der Waals surface area contributed by atoms with Gasteiger partial charge in [0.1, 0.15) is 4.88 Å². The summed E-state index contributed by atoms with van der Waals surface area (Å²) in [5, 5.41) is 3.22. The lowest BCUT2D eigenvalue weighted by atomic mass is 10.0. The number of esters is 1. The lowest BCUT2D eigenvalue weighted by molar-refractivity contribution is -0.120. The van der Waals surface area contributed by atoms with E-state index in [1.807, 2.05) is 13.8 Å². The minimum absolute atomic E-state index is 0.0183. The number of carbonyl (C=O) groups excluding carboxylic acids is 2. The fourth-order valence-electron chi connectivity index (χ4n) is 1.70. The third kappa shape index (κ3) is 4.02. The van der Waals surface area contributed by atoms with Gasteiger partial charge in [0.2, 0.25) is 5.91 Å². The molecule has 0 spiro atoms. The molecule has 6 heteroatoms. The largest absolute Gasteiger partial charge is 0.462 e. The second-order valence-corrected chi connectivity index (χ2v) is 5.16. The van der Waals surface area contributed by atoms with Crippen LogP contribution in [0.3, 0.4) is 0 Å². The Morgan fingerprint density at radius 2 is 1.95 bits per heavy atom. The highest BCUT2D eigenvalue weighted by Gasteiger charge is 2.20.